The third-order valence-electron chi connectivity index (χ3n) is 5.97. The maximum atomic E-state index is 13.5. The van der Waals surface area contributed by atoms with Gasteiger partial charge in [-0.05, 0) is 38.0 Å². The zero-order valence-corrected chi connectivity index (χ0v) is 18.2. The van der Waals surface area contributed by atoms with Gasteiger partial charge < -0.3 is 14.4 Å². The zero-order valence-electron chi connectivity index (χ0n) is 18.2. The van der Waals surface area contributed by atoms with Gasteiger partial charge in [0.15, 0.2) is 0 Å². The molecule has 8 heteroatoms. The minimum Gasteiger partial charge on any atom is -0.379 e. The van der Waals surface area contributed by atoms with E-state index in [1.54, 1.807) is 12.1 Å². The van der Waals surface area contributed by atoms with Crippen molar-refractivity contribution in [3.63, 3.8) is 0 Å². The van der Waals surface area contributed by atoms with Gasteiger partial charge in [0.2, 0.25) is 0 Å². The SMILES string of the molecule is CC1CN(C2=C(c3ccc(F)cc3)C(=O)N(CCCN3CCOCC3)C2=O)CC(C)O1. The second kappa shape index (κ2) is 9.46. The van der Waals surface area contributed by atoms with Crippen molar-refractivity contribution in [3.8, 4) is 0 Å². The van der Waals surface area contributed by atoms with Crippen molar-refractivity contribution in [2.45, 2.75) is 32.5 Å². The van der Waals surface area contributed by atoms with Crippen molar-refractivity contribution < 1.29 is 23.5 Å². The van der Waals surface area contributed by atoms with Crippen LogP contribution in [-0.2, 0) is 19.1 Å². The van der Waals surface area contributed by atoms with Crippen molar-refractivity contribution in [2.24, 2.45) is 0 Å². The number of hydrogen-bond acceptors (Lipinski definition) is 6. The molecule has 3 aliphatic heterocycles. The van der Waals surface area contributed by atoms with Crippen LogP contribution in [0.15, 0.2) is 30.0 Å². The average Bonchev–Trinajstić information content (AvgIpc) is 2.99. The summed E-state index contributed by atoms with van der Waals surface area (Å²) in [6, 6.07) is 5.79. The van der Waals surface area contributed by atoms with E-state index in [-0.39, 0.29) is 29.8 Å². The molecule has 0 N–H and O–H groups in total. The molecule has 2 unspecified atom stereocenters. The van der Waals surface area contributed by atoms with Gasteiger partial charge in [-0.3, -0.25) is 19.4 Å². The largest absolute Gasteiger partial charge is 0.379 e. The van der Waals surface area contributed by atoms with Crippen LogP contribution in [0.1, 0.15) is 25.8 Å². The molecule has 0 saturated carbocycles. The number of amides is 2. The van der Waals surface area contributed by atoms with Gasteiger partial charge in [0.1, 0.15) is 11.5 Å². The monoisotopic (exact) mass is 431 g/mol. The quantitative estimate of drug-likeness (QED) is 0.640. The zero-order chi connectivity index (χ0) is 22.0. The van der Waals surface area contributed by atoms with Gasteiger partial charge in [-0.1, -0.05) is 12.1 Å². The number of imide groups is 1. The van der Waals surface area contributed by atoms with E-state index in [4.69, 9.17) is 9.47 Å². The van der Waals surface area contributed by atoms with Crippen molar-refractivity contribution in [1.29, 1.82) is 0 Å². The Balaban J connectivity index is 1.56. The number of rotatable bonds is 6. The normalized spacial score (nSPS) is 25.6. The van der Waals surface area contributed by atoms with Gasteiger partial charge in [0, 0.05) is 39.3 Å². The van der Waals surface area contributed by atoms with E-state index < -0.39 is 0 Å². The number of ether oxygens (including phenoxy) is 2. The third-order valence-corrected chi connectivity index (χ3v) is 5.97. The molecular weight excluding hydrogens is 401 g/mol. The first-order chi connectivity index (χ1) is 14.9. The molecule has 2 fully saturated rings. The lowest BCUT2D eigenvalue weighted by atomic mass is 10.0. The highest BCUT2D eigenvalue weighted by atomic mass is 19.1. The topological polar surface area (TPSA) is 62.3 Å². The molecule has 0 aliphatic carbocycles. The predicted molar refractivity (Wildman–Crippen MR) is 113 cm³/mol. The lowest BCUT2D eigenvalue weighted by Gasteiger charge is -2.37. The lowest BCUT2D eigenvalue weighted by Crippen LogP contribution is -2.47. The van der Waals surface area contributed by atoms with E-state index in [2.05, 4.69) is 4.90 Å². The predicted octanol–water partition coefficient (Wildman–Crippen LogP) is 1.74. The molecule has 3 aliphatic rings. The van der Waals surface area contributed by atoms with Crippen LogP contribution in [-0.4, -0.2) is 91.2 Å². The molecule has 2 amide bonds. The maximum Gasteiger partial charge on any atom is 0.277 e. The number of carbonyl (C=O) groups excluding carboxylic acids is 2. The molecule has 3 heterocycles. The second-order valence-corrected chi connectivity index (χ2v) is 8.46. The lowest BCUT2D eigenvalue weighted by molar-refractivity contribution is -0.138. The molecule has 2 saturated heterocycles. The Morgan fingerprint density at radius 1 is 0.968 bits per heavy atom. The van der Waals surface area contributed by atoms with Crippen LogP contribution in [0.5, 0.6) is 0 Å². The Kier molecular flexibility index (Phi) is 6.69. The van der Waals surface area contributed by atoms with E-state index in [0.29, 0.717) is 42.9 Å². The van der Waals surface area contributed by atoms with Gasteiger partial charge >= 0.3 is 0 Å². The van der Waals surface area contributed by atoms with E-state index in [1.807, 2.05) is 18.7 Å². The molecule has 0 aromatic heterocycles. The molecule has 0 radical (unpaired) electrons. The first kappa shape index (κ1) is 21.9. The van der Waals surface area contributed by atoms with Gasteiger partial charge in [-0.15, -0.1) is 0 Å². The highest BCUT2D eigenvalue weighted by Gasteiger charge is 2.42. The van der Waals surface area contributed by atoms with E-state index in [1.165, 1.54) is 17.0 Å². The molecule has 1 aromatic carbocycles. The molecular formula is C23H30FN3O4. The van der Waals surface area contributed by atoms with Crippen LogP contribution >= 0.6 is 0 Å². The van der Waals surface area contributed by atoms with Crippen molar-refractivity contribution in [3.05, 3.63) is 41.3 Å². The highest BCUT2D eigenvalue weighted by Crippen LogP contribution is 2.33. The Morgan fingerprint density at radius 3 is 2.26 bits per heavy atom. The van der Waals surface area contributed by atoms with Gasteiger partial charge in [-0.2, -0.15) is 0 Å². The Bertz CT molecular complexity index is 841. The molecule has 0 bridgehead atoms. The summed E-state index contributed by atoms with van der Waals surface area (Å²) in [5.74, 6) is -0.952. The Morgan fingerprint density at radius 2 is 1.61 bits per heavy atom. The van der Waals surface area contributed by atoms with Crippen LogP contribution in [0.4, 0.5) is 4.39 Å². The number of halogens is 1. The molecule has 2 atom stereocenters. The van der Waals surface area contributed by atoms with E-state index >= 15 is 0 Å². The first-order valence-corrected chi connectivity index (χ1v) is 11.0. The minimum atomic E-state index is -0.376. The summed E-state index contributed by atoms with van der Waals surface area (Å²) >= 11 is 0. The standard InChI is InChI=1S/C23H30FN3O4/c1-16-14-26(15-17(2)31-16)21-20(18-4-6-19(24)7-5-18)22(28)27(23(21)29)9-3-8-25-10-12-30-13-11-25/h4-7,16-17H,3,8-15H2,1-2H3. The van der Waals surface area contributed by atoms with Crippen LogP contribution in [0, 0.1) is 5.82 Å². The first-order valence-electron chi connectivity index (χ1n) is 11.0. The summed E-state index contributed by atoms with van der Waals surface area (Å²) < 4.78 is 24.7. The number of hydrogen-bond donors (Lipinski definition) is 0. The minimum absolute atomic E-state index is 0.0519. The van der Waals surface area contributed by atoms with Crippen molar-refractivity contribution in [1.82, 2.24) is 14.7 Å². The van der Waals surface area contributed by atoms with Crippen LogP contribution in [0.25, 0.3) is 5.57 Å². The second-order valence-electron chi connectivity index (χ2n) is 8.46. The van der Waals surface area contributed by atoms with Gasteiger partial charge in [0.05, 0.1) is 31.0 Å². The third kappa shape index (κ3) is 4.81. The molecule has 4 rings (SSSR count). The molecule has 7 nitrogen and oxygen atoms in total. The Labute approximate surface area is 182 Å². The summed E-state index contributed by atoms with van der Waals surface area (Å²) in [7, 11) is 0. The number of benzene rings is 1. The summed E-state index contributed by atoms with van der Waals surface area (Å²) in [6.07, 6.45) is 0.602. The molecule has 31 heavy (non-hydrogen) atoms. The fourth-order valence-electron chi connectivity index (χ4n) is 4.57. The van der Waals surface area contributed by atoms with Crippen molar-refractivity contribution in [2.75, 3.05) is 52.5 Å². The fraction of sp³-hybridized carbons (Fsp3) is 0.565. The Hall–Kier alpha value is -2.29. The fourth-order valence-corrected chi connectivity index (χ4v) is 4.57. The smallest absolute Gasteiger partial charge is 0.277 e. The highest BCUT2D eigenvalue weighted by molar-refractivity contribution is 6.35. The van der Waals surface area contributed by atoms with Crippen LogP contribution in [0.2, 0.25) is 0 Å². The average molecular weight is 432 g/mol. The molecule has 168 valence electrons. The van der Waals surface area contributed by atoms with Crippen LogP contribution in [0.3, 0.4) is 0 Å². The van der Waals surface area contributed by atoms with Crippen molar-refractivity contribution >= 4 is 17.4 Å². The summed E-state index contributed by atoms with van der Waals surface area (Å²) in [6.45, 7) is 9.34. The molecule has 0 spiro atoms. The van der Waals surface area contributed by atoms with Gasteiger partial charge in [0.25, 0.3) is 11.8 Å². The molecule has 1 aromatic rings. The van der Waals surface area contributed by atoms with E-state index in [9.17, 15) is 14.0 Å². The number of nitrogens with zero attached hydrogens (tertiary/aromatic N) is 3. The van der Waals surface area contributed by atoms with E-state index in [0.717, 1.165) is 32.8 Å². The van der Waals surface area contributed by atoms with Crippen LogP contribution < -0.4 is 0 Å². The number of carbonyl (C=O) groups is 2. The van der Waals surface area contributed by atoms with Gasteiger partial charge in [-0.25, -0.2) is 4.39 Å². The summed E-state index contributed by atoms with van der Waals surface area (Å²) in [5, 5.41) is 0. The number of morpholine rings is 2. The summed E-state index contributed by atoms with van der Waals surface area (Å²) in [4.78, 5) is 32.4. The maximum absolute atomic E-state index is 13.5. The summed E-state index contributed by atoms with van der Waals surface area (Å²) in [5.41, 5.74) is 1.33.